The molecule has 0 spiro atoms. The molecule has 0 bridgehead atoms. The van der Waals surface area contributed by atoms with Crippen molar-refractivity contribution >= 4 is 51.9 Å². The molecule has 1 aliphatic rings. The Kier molecular flexibility index (Phi) is 6.77. The van der Waals surface area contributed by atoms with Gasteiger partial charge in [0.15, 0.2) is 0 Å². The number of amides is 1. The van der Waals surface area contributed by atoms with E-state index in [1.165, 1.54) is 11.8 Å². The van der Waals surface area contributed by atoms with Crippen LogP contribution < -0.4 is 9.47 Å². The highest BCUT2D eigenvalue weighted by Gasteiger charge is 2.30. The molecule has 0 aliphatic carbocycles. The normalized spacial score (nSPS) is 15.5. The number of thiocarbonyl (C=S) groups is 1. The lowest BCUT2D eigenvalue weighted by Gasteiger charge is -2.11. The Balaban J connectivity index is 1.69. The van der Waals surface area contributed by atoms with Gasteiger partial charge in [0, 0.05) is 17.1 Å². The number of nitrogens with zero attached hydrogens (tertiary/aromatic N) is 1. The zero-order valence-electron chi connectivity index (χ0n) is 14.7. The van der Waals surface area contributed by atoms with E-state index >= 15 is 0 Å². The molecule has 0 aromatic heterocycles. The molecule has 1 saturated heterocycles. The van der Waals surface area contributed by atoms with Gasteiger partial charge in [0.2, 0.25) is 0 Å². The molecule has 0 N–H and O–H groups in total. The topological polar surface area (TPSA) is 38.8 Å². The van der Waals surface area contributed by atoms with Crippen LogP contribution in [0.4, 0.5) is 0 Å². The lowest BCUT2D eigenvalue weighted by Crippen LogP contribution is -2.27. The number of hydrogen-bond donors (Lipinski definition) is 0. The van der Waals surface area contributed by atoms with Gasteiger partial charge in [-0.05, 0) is 43.3 Å². The molecular weight excluding hydrogens is 402 g/mol. The summed E-state index contributed by atoms with van der Waals surface area (Å²) in [4.78, 5) is 14.6. The van der Waals surface area contributed by atoms with E-state index in [9.17, 15) is 4.79 Å². The second kappa shape index (κ2) is 9.26. The van der Waals surface area contributed by atoms with Crippen LogP contribution in [0.2, 0.25) is 5.02 Å². The molecule has 3 rings (SSSR count). The van der Waals surface area contributed by atoms with E-state index in [2.05, 4.69) is 0 Å². The Hall–Kier alpha value is -2.02. The average Bonchev–Trinajstić information content (AvgIpc) is 2.94. The molecule has 1 aliphatic heterocycles. The van der Waals surface area contributed by atoms with Crippen LogP contribution in [0.25, 0.3) is 6.08 Å². The summed E-state index contributed by atoms with van der Waals surface area (Å²) in [6.07, 6.45) is 1.77. The van der Waals surface area contributed by atoms with Crippen molar-refractivity contribution in [2.24, 2.45) is 0 Å². The predicted octanol–water partition coefficient (Wildman–Crippen LogP) is 5.02. The molecule has 0 saturated carbocycles. The molecule has 0 atom stereocenters. The van der Waals surface area contributed by atoms with E-state index in [1.54, 1.807) is 29.2 Å². The fourth-order valence-corrected chi connectivity index (χ4v) is 4.06. The number of para-hydroxylation sites is 1. The molecule has 1 heterocycles. The summed E-state index contributed by atoms with van der Waals surface area (Å²) < 4.78 is 12.0. The van der Waals surface area contributed by atoms with Gasteiger partial charge in [-0.1, -0.05) is 53.8 Å². The number of ether oxygens (including phenoxy) is 2. The first-order valence-electron chi connectivity index (χ1n) is 8.44. The summed E-state index contributed by atoms with van der Waals surface area (Å²) in [7, 11) is 0. The summed E-state index contributed by atoms with van der Waals surface area (Å²) in [5.41, 5.74) is 0.735. The minimum absolute atomic E-state index is 0.0918. The van der Waals surface area contributed by atoms with Crippen molar-refractivity contribution < 1.29 is 14.3 Å². The van der Waals surface area contributed by atoms with E-state index in [4.69, 9.17) is 33.3 Å². The number of carbonyl (C=O) groups excluding carboxylic acids is 1. The zero-order valence-corrected chi connectivity index (χ0v) is 17.1. The van der Waals surface area contributed by atoms with Crippen molar-refractivity contribution in [3.63, 3.8) is 0 Å². The van der Waals surface area contributed by atoms with Crippen molar-refractivity contribution in [1.82, 2.24) is 4.90 Å². The third kappa shape index (κ3) is 5.03. The number of rotatable bonds is 7. The number of likely N-dealkylation sites (N-methyl/N-ethyl adjacent to an activating group) is 1. The lowest BCUT2D eigenvalue weighted by molar-refractivity contribution is -0.121. The van der Waals surface area contributed by atoms with Gasteiger partial charge in [-0.25, -0.2) is 0 Å². The van der Waals surface area contributed by atoms with E-state index in [-0.39, 0.29) is 5.91 Å². The molecule has 2 aromatic carbocycles. The summed E-state index contributed by atoms with van der Waals surface area (Å²) in [5, 5.41) is 0.570. The molecule has 1 amide bonds. The van der Waals surface area contributed by atoms with Gasteiger partial charge in [-0.3, -0.25) is 9.69 Å². The second-order valence-electron chi connectivity index (χ2n) is 5.62. The maximum Gasteiger partial charge on any atom is 0.266 e. The van der Waals surface area contributed by atoms with Crippen LogP contribution in [0, 0.1) is 0 Å². The molecule has 27 heavy (non-hydrogen) atoms. The van der Waals surface area contributed by atoms with Gasteiger partial charge >= 0.3 is 0 Å². The van der Waals surface area contributed by atoms with Crippen molar-refractivity contribution in [1.29, 1.82) is 0 Å². The number of benzene rings is 2. The van der Waals surface area contributed by atoms with Crippen LogP contribution in [0.1, 0.15) is 12.5 Å². The molecule has 4 nitrogen and oxygen atoms in total. The first kappa shape index (κ1) is 19.7. The van der Waals surface area contributed by atoms with Crippen LogP contribution in [-0.2, 0) is 4.79 Å². The summed E-state index contributed by atoms with van der Waals surface area (Å²) in [6, 6.07) is 14.9. The molecule has 1 fully saturated rings. The van der Waals surface area contributed by atoms with Gasteiger partial charge in [-0.2, -0.15) is 0 Å². The third-order valence-corrected chi connectivity index (χ3v) is 5.41. The number of hydrogen-bond acceptors (Lipinski definition) is 5. The minimum atomic E-state index is -0.0918. The SMILES string of the molecule is CCN1C(=O)C(=Cc2cc(Cl)ccc2OCCOc2ccccc2)SC1=S. The van der Waals surface area contributed by atoms with E-state index in [0.717, 1.165) is 11.3 Å². The van der Waals surface area contributed by atoms with E-state index in [0.29, 0.717) is 39.8 Å². The fraction of sp³-hybridized carbons (Fsp3) is 0.200. The summed E-state index contributed by atoms with van der Waals surface area (Å²) in [5.74, 6) is 1.34. The minimum Gasteiger partial charge on any atom is -0.490 e. The molecule has 0 radical (unpaired) electrons. The second-order valence-corrected chi connectivity index (χ2v) is 7.73. The van der Waals surface area contributed by atoms with Crippen LogP contribution >= 0.6 is 35.6 Å². The Morgan fingerprint density at radius 1 is 1.15 bits per heavy atom. The maximum atomic E-state index is 12.4. The smallest absolute Gasteiger partial charge is 0.266 e. The van der Waals surface area contributed by atoms with Crippen LogP contribution in [-0.4, -0.2) is 34.9 Å². The highest BCUT2D eigenvalue weighted by atomic mass is 35.5. The standard InChI is InChI=1S/C20H18ClNO3S2/c1-2-22-19(23)18(27-20(22)26)13-14-12-15(21)8-9-17(14)25-11-10-24-16-6-4-3-5-7-16/h3-9,12-13H,2,10-11H2,1H3. The molecular formula is C20H18ClNO3S2. The Labute approximate surface area is 173 Å². The van der Waals surface area contributed by atoms with Gasteiger partial charge in [0.05, 0.1) is 4.91 Å². The van der Waals surface area contributed by atoms with Crippen molar-refractivity contribution in [3.05, 3.63) is 64.0 Å². The Bertz CT molecular complexity index is 871. The van der Waals surface area contributed by atoms with Gasteiger partial charge in [0.25, 0.3) is 5.91 Å². The van der Waals surface area contributed by atoms with Crippen molar-refractivity contribution in [2.75, 3.05) is 19.8 Å². The Morgan fingerprint density at radius 3 is 2.59 bits per heavy atom. The Morgan fingerprint density at radius 2 is 1.89 bits per heavy atom. The highest BCUT2D eigenvalue weighted by Crippen LogP contribution is 2.34. The van der Waals surface area contributed by atoms with Crippen molar-refractivity contribution in [2.45, 2.75) is 6.92 Å². The monoisotopic (exact) mass is 419 g/mol. The fourth-order valence-electron chi connectivity index (χ4n) is 2.51. The molecule has 7 heteroatoms. The van der Waals surface area contributed by atoms with E-state index in [1.807, 2.05) is 37.3 Å². The maximum absolute atomic E-state index is 12.4. The number of halogens is 1. The number of carbonyl (C=O) groups is 1. The van der Waals surface area contributed by atoms with Crippen molar-refractivity contribution in [3.8, 4) is 11.5 Å². The van der Waals surface area contributed by atoms with Crippen LogP contribution in [0.5, 0.6) is 11.5 Å². The summed E-state index contributed by atoms with van der Waals surface area (Å²) >= 11 is 12.7. The van der Waals surface area contributed by atoms with Crippen LogP contribution in [0.15, 0.2) is 53.4 Å². The van der Waals surface area contributed by atoms with Gasteiger partial charge in [0.1, 0.15) is 29.0 Å². The predicted molar refractivity (Wildman–Crippen MR) is 114 cm³/mol. The molecule has 2 aromatic rings. The molecule has 0 unspecified atom stereocenters. The van der Waals surface area contributed by atoms with Crippen LogP contribution in [0.3, 0.4) is 0 Å². The molecule has 140 valence electrons. The average molecular weight is 420 g/mol. The lowest BCUT2D eigenvalue weighted by atomic mass is 10.2. The van der Waals surface area contributed by atoms with Gasteiger partial charge < -0.3 is 9.47 Å². The quantitative estimate of drug-likeness (QED) is 0.358. The first-order valence-corrected chi connectivity index (χ1v) is 10.0. The number of thioether (sulfide) groups is 1. The summed E-state index contributed by atoms with van der Waals surface area (Å²) in [6.45, 7) is 3.23. The highest BCUT2D eigenvalue weighted by molar-refractivity contribution is 8.26. The van der Waals surface area contributed by atoms with E-state index < -0.39 is 0 Å². The largest absolute Gasteiger partial charge is 0.490 e. The zero-order chi connectivity index (χ0) is 19.2. The van der Waals surface area contributed by atoms with Gasteiger partial charge in [-0.15, -0.1) is 0 Å². The third-order valence-electron chi connectivity index (χ3n) is 3.80. The first-order chi connectivity index (χ1) is 13.1.